The van der Waals surface area contributed by atoms with Crippen molar-refractivity contribution in [2.75, 3.05) is 0 Å². The summed E-state index contributed by atoms with van der Waals surface area (Å²) in [6.07, 6.45) is 0.790. The average Bonchev–Trinajstić information content (AvgIpc) is 2.19. The highest BCUT2D eigenvalue weighted by Crippen LogP contribution is 2.12. The van der Waals surface area contributed by atoms with Crippen LogP contribution in [0.3, 0.4) is 0 Å². The van der Waals surface area contributed by atoms with Gasteiger partial charge >= 0.3 is 0 Å². The number of carbonyl (C=O) groups excluding carboxylic acids is 1. The van der Waals surface area contributed by atoms with Crippen molar-refractivity contribution in [1.82, 2.24) is 5.43 Å². The summed E-state index contributed by atoms with van der Waals surface area (Å²) in [5, 5.41) is 0. The summed E-state index contributed by atoms with van der Waals surface area (Å²) >= 11 is 0. The summed E-state index contributed by atoms with van der Waals surface area (Å²) < 4.78 is 0. The Balaban J connectivity index is 3.08. The fourth-order valence-electron chi connectivity index (χ4n) is 1.15. The Labute approximate surface area is 82.6 Å². The highest BCUT2D eigenvalue weighted by Gasteiger charge is 2.01. The second-order valence-corrected chi connectivity index (χ2v) is 2.94. The minimum Gasteiger partial charge on any atom is -0.401 e. The number of aldehydes is 1. The van der Waals surface area contributed by atoms with Crippen molar-refractivity contribution >= 4 is 12.0 Å². The van der Waals surface area contributed by atoms with Gasteiger partial charge in [0.05, 0.1) is 5.70 Å². The molecular weight excluding hydrogens is 178 g/mol. The van der Waals surface area contributed by atoms with E-state index < -0.39 is 0 Å². The van der Waals surface area contributed by atoms with Gasteiger partial charge in [-0.1, -0.05) is 24.3 Å². The normalized spacial score (nSPS) is 11.9. The lowest BCUT2D eigenvalue weighted by Gasteiger charge is -2.08. The molecule has 0 aromatic heterocycles. The molecule has 0 heterocycles. The lowest BCUT2D eigenvalue weighted by Crippen LogP contribution is -2.22. The largest absolute Gasteiger partial charge is 0.401 e. The highest BCUT2D eigenvalue weighted by molar-refractivity contribution is 5.76. The fourth-order valence-corrected chi connectivity index (χ4v) is 1.15. The maximum Gasteiger partial charge on any atom is 0.150 e. The maximum absolute atomic E-state index is 10.4. The lowest BCUT2D eigenvalue weighted by atomic mass is 10.1. The SMILES string of the molecule is C/C(N)=C(/NN)c1ccc(C=O)cc1. The van der Waals surface area contributed by atoms with E-state index in [1.54, 1.807) is 31.2 Å². The van der Waals surface area contributed by atoms with Crippen molar-refractivity contribution in [2.24, 2.45) is 11.6 Å². The third-order valence-corrected chi connectivity index (χ3v) is 1.87. The Bertz CT molecular complexity index is 350. The van der Waals surface area contributed by atoms with Crippen molar-refractivity contribution < 1.29 is 4.79 Å². The van der Waals surface area contributed by atoms with Gasteiger partial charge in [-0.15, -0.1) is 0 Å². The first-order valence-corrected chi connectivity index (χ1v) is 4.17. The van der Waals surface area contributed by atoms with Gasteiger partial charge in [0.1, 0.15) is 6.29 Å². The second-order valence-electron chi connectivity index (χ2n) is 2.94. The summed E-state index contributed by atoms with van der Waals surface area (Å²) in [4.78, 5) is 10.4. The van der Waals surface area contributed by atoms with Crippen LogP contribution in [0.15, 0.2) is 30.0 Å². The Morgan fingerprint density at radius 2 is 1.93 bits per heavy atom. The molecule has 0 aliphatic carbocycles. The molecule has 0 saturated heterocycles. The van der Waals surface area contributed by atoms with Crippen molar-refractivity contribution in [3.8, 4) is 0 Å². The van der Waals surface area contributed by atoms with Gasteiger partial charge in [0.2, 0.25) is 0 Å². The van der Waals surface area contributed by atoms with Crippen LogP contribution in [0.2, 0.25) is 0 Å². The van der Waals surface area contributed by atoms with Gasteiger partial charge in [0.25, 0.3) is 0 Å². The van der Waals surface area contributed by atoms with Gasteiger partial charge < -0.3 is 11.2 Å². The second kappa shape index (κ2) is 4.43. The molecule has 0 spiro atoms. The van der Waals surface area contributed by atoms with Gasteiger partial charge in [-0.25, -0.2) is 0 Å². The van der Waals surface area contributed by atoms with Crippen LogP contribution in [0.5, 0.6) is 0 Å². The van der Waals surface area contributed by atoms with E-state index in [4.69, 9.17) is 11.6 Å². The third kappa shape index (κ3) is 2.11. The molecule has 0 radical (unpaired) electrons. The Morgan fingerprint density at radius 1 is 1.36 bits per heavy atom. The van der Waals surface area contributed by atoms with Crippen LogP contribution in [0.4, 0.5) is 0 Å². The summed E-state index contributed by atoms with van der Waals surface area (Å²) in [5.41, 5.74) is 10.9. The molecule has 0 fully saturated rings. The predicted molar refractivity (Wildman–Crippen MR) is 55.9 cm³/mol. The lowest BCUT2D eigenvalue weighted by molar-refractivity contribution is 0.112. The first kappa shape index (κ1) is 10.3. The zero-order valence-electron chi connectivity index (χ0n) is 7.95. The Morgan fingerprint density at radius 3 is 2.29 bits per heavy atom. The standard InChI is InChI=1S/C10H13N3O/c1-7(11)10(13-12)9-4-2-8(6-14)3-5-9/h2-6,13H,11-12H2,1H3/b10-7-. The van der Waals surface area contributed by atoms with Crippen molar-refractivity contribution in [3.05, 3.63) is 41.1 Å². The molecule has 14 heavy (non-hydrogen) atoms. The molecule has 0 amide bonds. The van der Waals surface area contributed by atoms with Crippen LogP contribution in [0.25, 0.3) is 5.70 Å². The molecule has 74 valence electrons. The minimum atomic E-state index is 0.603. The van der Waals surface area contributed by atoms with Crippen LogP contribution in [0.1, 0.15) is 22.8 Å². The zero-order valence-corrected chi connectivity index (χ0v) is 7.95. The highest BCUT2D eigenvalue weighted by atomic mass is 16.1. The average molecular weight is 191 g/mol. The topological polar surface area (TPSA) is 81.1 Å². The number of hydrogen-bond donors (Lipinski definition) is 3. The van der Waals surface area contributed by atoms with E-state index in [0.29, 0.717) is 17.0 Å². The molecule has 4 nitrogen and oxygen atoms in total. The number of nitrogens with one attached hydrogen (secondary N) is 1. The van der Waals surface area contributed by atoms with E-state index in [1.165, 1.54) is 0 Å². The number of hydrazine groups is 1. The van der Waals surface area contributed by atoms with E-state index in [0.717, 1.165) is 11.8 Å². The summed E-state index contributed by atoms with van der Waals surface area (Å²) in [6, 6.07) is 7.00. The van der Waals surface area contributed by atoms with Gasteiger partial charge in [-0.2, -0.15) is 0 Å². The number of rotatable bonds is 3. The molecule has 0 bridgehead atoms. The van der Waals surface area contributed by atoms with E-state index in [9.17, 15) is 4.79 Å². The quantitative estimate of drug-likeness (QED) is 0.371. The van der Waals surface area contributed by atoms with E-state index >= 15 is 0 Å². The molecule has 5 N–H and O–H groups in total. The van der Waals surface area contributed by atoms with Crippen molar-refractivity contribution in [3.63, 3.8) is 0 Å². The van der Waals surface area contributed by atoms with Gasteiger partial charge in [-0.05, 0) is 6.92 Å². The smallest absolute Gasteiger partial charge is 0.150 e. The molecule has 0 atom stereocenters. The first-order valence-electron chi connectivity index (χ1n) is 4.17. The van der Waals surface area contributed by atoms with Crippen LogP contribution in [0, 0.1) is 0 Å². The van der Waals surface area contributed by atoms with E-state index in [1.807, 2.05) is 0 Å². The molecule has 4 heteroatoms. The van der Waals surface area contributed by atoms with Gasteiger partial charge in [0.15, 0.2) is 0 Å². The number of allylic oxidation sites excluding steroid dienone is 1. The van der Waals surface area contributed by atoms with E-state index in [-0.39, 0.29) is 0 Å². The molecular formula is C10H13N3O. The molecule has 1 rings (SSSR count). The molecule has 0 saturated carbocycles. The molecule has 0 aliphatic heterocycles. The van der Waals surface area contributed by atoms with E-state index in [2.05, 4.69) is 5.43 Å². The van der Waals surface area contributed by atoms with Gasteiger partial charge in [-0.3, -0.25) is 10.6 Å². The zero-order chi connectivity index (χ0) is 10.6. The summed E-state index contributed by atoms with van der Waals surface area (Å²) in [6.45, 7) is 1.75. The molecule has 1 aromatic rings. The number of benzene rings is 1. The monoisotopic (exact) mass is 191 g/mol. The van der Waals surface area contributed by atoms with Crippen molar-refractivity contribution in [1.29, 1.82) is 0 Å². The van der Waals surface area contributed by atoms with Crippen molar-refractivity contribution in [2.45, 2.75) is 6.92 Å². The van der Waals surface area contributed by atoms with Crippen LogP contribution in [-0.4, -0.2) is 6.29 Å². The fraction of sp³-hybridized carbons (Fsp3) is 0.100. The predicted octanol–water partition coefficient (Wildman–Crippen LogP) is 0.610. The summed E-state index contributed by atoms with van der Waals surface area (Å²) in [7, 11) is 0. The molecule has 0 aliphatic rings. The van der Waals surface area contributed by atoms with Crippen LogP contribution < -0.4 is 17.0 Å². The third-order valence-electron chi connectivity index (χ3n) is 1.87. The molecule has 0 unspecified atom stereocenters. The maximum atomic E-state index is 10.4. The Kier molecular flexibility index (Phi) is 3.25. The van der Waals surface area contributed by atoms with Gasteiger partial charge in [0, 0.05) is 16.8 Å². The minimum absolute atomic E-state index is 0.603. The Hall–Kier alpha value is -1.81. The first-order chi connectivity index (χ1) is 6.69. The van der Waals surface area contributed by atoms with Crippen LogP contribution in [-0.2, 0) is 0 Å². The van der Waals surface area contributed by atoms with Crippen LogP contribution >= 0.6 is 0 Å². The number of carbonyl (C=O) groups is 1. The summed E-state index contributed by atoms with van der Waals surface area (Å²) in [5.74, 6) is 5.32. The molecule has 1 aromatic carbocycles. The number of nitrogens with two attached hydrogens (primary N) is 2. The number of hydrogen-bond acceptors (Lipinski definition) is 4.